The van der Waals surface area contributed by atoms with E-state index in [0.717, 1.165) is 18.3 Å². The van der Waals surface area contributed by atoms with Gasteiger partial charge in [0.2, 0.25) is 0 Å². The van der Waals surface area contributed by atoms with E-state index < -0.39 is 0 Å². The lowest BCUT2D eigenvalue weighted by Gasteiger charge is -2.22. The molecule has 0 saturated carbocycles. The average molecular weight is 247 g/mol. The number of ether oxygens (including phenoxy) is 1. The molecular weight excluding hydrogens is 222 g/mol. The molecule has 0 aromatic heterocycles. The second kappa shape index (κ2) is 6.79. The van der Waals surface area contributed by atoms with E-state index in [-0.39, 0.29) is 0 Å². The first-order chi connectivity index (χ1) is 8.74. The van der Waals surface area contributed by atoms with Crippen LogP contribution in [-0.2, 0) is 6.42 Å². The average Bonchev–Trinajstić information content (AvgIpc) is 2.39. The Balaban J connectivity index is 1.83. The van der Waals surface area contributed by atoms with Gasteiger partial charge in [0, 0.05) is 0 Å². The molecule has 1 unspecified atom stereocenters. The Kier molecular flexibility index (Phi) is 5.06. The van der Waals surface area contributed by atoms with Gasteiger partial charge in [0.15, 0.2) is 0 Å². The molecule has 100 valence electrons. The molecular formula is C16H25NO. The van der Waals surface area contributed by atoms with Crippen LogP contribution in [0.5, 0.6) is 5.75 Å². The van der Waals surface area contributed by atoms with Crippen LogP contribution in [-0.4, -0.2) is 19.7 Å². The molecule has 1 atom stereocenters. The summed E-state index contributed by atoms with van der Waals surface area (Å²) in [5.41, 5.74) is 1.43. The van der Waals surface area contributed by atoms with Gasteiger partial charge in [-0.15, -0.1) is 0 Å². The maximum atomic E-state index is 5.70. The SMILES string of the molecule is CC(C)COc1ccc(CC2CCCNC2)cc1. The van der Waals surface area contributed by atoms with Crippen LogP contribution < -0.4 is 10.1 Å². The lowest BCUT2D eigenvalue weighted by Crippen LogP contribution is -2.30. The van der Waals surface area contributed by atoms with Crippen molar-refractivity contribution in [2.45, 2.75) is 33.1 Å². The molecule has 1 saturated heterocycles. The highest BCUT2D eigenvalue weighted by molar-refractivity contribution is 5.27. The summed E-state index contributed by atoms with van der Waals surface area (Å²) in [6, 6.07) is 8.64. The van der Waals surface area contributed by atoms with Gasteiger partial charge in [-0.25, -0.2) is 0 Å². The first-order valence-corrected chi connectivity index (χ1v) is 7.16. The van der Waals surface area contributed by atoms with Gasteiger partial charge in [-0.3, -0.25) is 0 Å². The quantitative estimate of drug-likeness (QED) is 0.862. The zero-order valence-corrected chi connectivity index (χ0v) is 11.6. The zero-order chi connectivity index (χ0) is 12.8. The minimum absolute atomic E-state index is 0.581. The molecule has 1 aromatic carbocycles. The van der Waals surface area contributed by atoms with Crippen LogP contribution in [0.15, 0.2) is 24.3 Å². The number of benzene rings is 1. The van der Waals surface area contributed by atoms with Crippen molar-refractivity contribution in [2.24, 2.45) is 11.8 Å². The summed E-state index contributed by atoms with van der Waals surface area (Å²) in [5, 5.41) is 3.47. The molecule has 0 aliphatic carbocycles. The Hall–Kier alpha value is -1.02. The van der Waals surface area contributed by atoms with Crippen LogP contribution in [0.3, 0.4) is 0 Å². The van der Waals surface area contributed by atoms with Gasteiger partial charge in [-0.05, 0) is 61.9 Å². The minimum atomic E-state index is 0.581. The topological polar surface area (TPSA) is 21.3 Å². The van der Waals surface area contributed by atoms with E-state index >= 15 is 0 Å². The minimum Gasteiger partial charge on any atom is -0.493 e. The number of piperidine rings is 1. The van der Waals surface area contributed by atoms with Crippen molar-refractivity contribution in [3.05, 3.63) is 29.8 Å². The highest BCUT2D eigenvalue weighted by Crippen LogP contribution is 2.19. The molecule has 0 amide bonds. The lowest BCUT2D eigenvalue weighted by molar-refractivity contribution is 0.271. The van der Waals surface area contributed by atoms with Crippen LogP contribution in [0.25, 0.3) is 0 Å². The van der Waals surface area contributed by atoms with Crippen LogP contribution in [0.1, 0.15) is 32.3 Å². The third-order valence-electron chi connectivity index (χ3n) is 3.43. The maximum Gasteiger partial charge on any atom is 0.119 e. The van der Waals surface area contributed by atoms with Crippen LogP contribution in [0, 0.1) is 11.8 Å². The van der Waals surface area contributed by atoms with Gasteiger partial charge < -0.3 is 10.1 Å². The second-order valence-corrected chi connectivity index (χ2v) is 5.77. The van der Waals surface area contributed by atoms with Crippen molar-refractivity contribution in [3.63, 3.8) is 0 Å². The summed E-state index contributed by atoms with van der Waals surface area (Å²) in [5.74, 6) is 2.38. The van der Waals surface area contributed by atoms with E-state index in [9.17, 15) is 0 Å². The van der Waals surface area contributed by atoms with Crippen LogP contribution in [0.2, 0.25) is 0 Å². The van der Waals surface area contributed by atoms with E-state index in [2.05, 4.69) is 43.4 Å². The fraction of sp³-hybridized carbons (Fsp3) is 0.625. The molecule has 2 rings (SSSR count). The summed E-state index contributed by atoms with van der Waals surface area (Å²) in [6.45, 7) is 7.50. The van der Waals surface area contributed by atoms with E-state index in [0.29, 0.717) is 5.92 Å². The highest BCUT2D eigenvalue weighted by atomic mass is 16.5. The number of hydrogen-bond acceptors (Lipinski definition) is 2. The second-order valence-electron chi connectivity index (χ2n) is 5.77. The third kappa shape index (κ3) is 4.34. The van der Waals surface area contributed by atoms with Crippen LogP contribution in [0.4, 0.5) is 0 Å². The molecule has 18 heavy (non-hydrogen) atoms. The zero-order valence-electron chi connectivity index (χ0n) is 11.6. The van der Waals surface area contributed by atoms with Gasteiger partial charge in [-0.1, -0.05) is 26.0 Å². The van der Waals surface area contributed by atoms with Crippen molar-refractivity contribution < 1.29 is 4.74 Å². The number of nitrogens with one attached hydrogen (secondary N) is 1. The van der Waals surface area contributed by atoms with E-state index in [1.165, 1.54) is 37.9 Å². The Morgan fingerprint density at radius 3 is 2.67 bits per heavy atom. The fourth-order valence-electron chi connectivity index (χ4n) is 2.42. The first-order valence-electron chi connectivity index (χ1n) is 7.16. The molecule has 1 fully saturated rings. The molecule has 2 nitrogen and oxygen atoms in total. The summed E-state index contributed by atoms with van der Waals surface area (Å²) in [7, 11) is 0. The van der Waals surface area contributed by atoms with Gasteiger partial charge >= 0.3 is 0 Å². The molecule has 0 radical (unpaired) electrons. The first kappa shape index (κ1) is 13.4. The molecule has 1 aliphatic rings. The molecule has 2 heteroatoms. The summed E-state index contributed by atoms with van der Waals surface area (Å²) < 4.78 is 5.70. The largest absolute Gasteiger partial charge is 0.493 e. The number of hydrogen-bond donors (Lipinski definition) is 1. The van der Waals surface area contributed by atoms with E-state index in [4.69, 9.17) is 4.74 Å². The van der Waals surface area contributed by atoms with Gasteiger partial charge in [0.25, 0.3) is 0 Å². The standard InChI is InChI=1S/C16H25NO/c1-13(2)12-18-16-7-5-14(6-8-16)10-15-4-3-9-17-11-15/h5-8,13,15,17H,3-4,9-12H2,1-2H3. The predicted octanol–water partition coefficient (Wildman–Crippen LogP) is 3.26. The lowest BCUT2D eigenvalue weighted by atomic mass is 9.92. The normalized spacial score (nSPS) is 20.1. The maximum absolute atomic E-state index is 5.70. The smallest absolute Gasteiger partial charge is 0.119 e. The summed E-state index contributed by atoms with van der Waals surface area (Å²) in [4.78, 5) is 0. The molecule has 1 aromatic rings. The monoisotopic (exact) mass is 247 g/mol. The Morgan fingerprint density at radius 2 is 2.06 bits per heavy atom. The Morgan fingerprint density at radius 1 is 1.28 bits per heavy atom. The molecule has 0 bridgehead atoms. The fourth-order valence-corrected chi connectivity index (χ4v) is 2.42. The molecule has 1 aliphatic heterocycles. The van der Waals surface area contributed by atoms with Crippen LogP contribution >= 0.6 is 0 Å². The van der Waals surface area contributed by atoms with Crippen molar-refractivity contribution in [2.75, 3.05) is 19.7 Å². The molecule has 1 heterocycles. The van der Waals surface area contributed by atoms with Crippen molar-refractivity contribution in [1.82, 2.24) is 5.32 Å². The van der Waals surface area contributed by atoms with E-state index in [1.54, 1.807) is 0 Å². The summed E-state index contributed by atoms with van der Waals surface area (Å²) in [6.07, 6.45) is 3.87. The highest BCUT2D eigenvalue weighted by Gasteiger charge is 2.13. The predicted molar refractivity (Wildman–Crippen MR) is 76.1 cm³/mol. The van der Waals surface area contributed by atoms with E-state index in [1.807, 2.05) is 0 Å². The third-order valence-corrected chi connectivity index (χ3v) is 3.43. The van der Waals surface area contributed by atoms with Gasteiger partial charge in [0.1, 0.15) is 5.75 Å². The van der Waals surface area contributed by atoms with Gasteiger partial charge in [-0.2, -0.15) is 0 Å². The summed E-state index contributed by atoms with van der Waals surface area (Å²) >= 11 is 0. The Bertz CT molecular complexity index is 339. The van der Waals surface area contributed by atoms with Crippen molar-refractivity contribution in [1.29, 1.82) is 0 Å². The molecule has 1 N–H and O–H groups in total. The Labute approximate surface area is 111 Å². The number of rotatable bonds is 5. The van der Waals surface area contributed by atoms with Gasteiger partial charge in [0.05, 0.1) is 6.61 Å². The molecule has 0 spiro atoms. The van der Waals surface area contributed by atoms with Crippen molar-refractivity contribution >= 4 is 0 Å². The van der Waals surface area contributed by atoms with Crippen molar-refractivity contribution in [3.8, 4) is 5.75 Å².